The molecule has 1 aliphatic heterocycles. The molecule has 0 aromatic heterocycles. The van der Waals surface area contributed by atoms with Gasteiger partial charge < -0.3 is 43.3 Å². The highest BCUT2D eigenvalue weighted by molar-refractivity contribution is 5.71. The molecule has 8 heteroatoms. The monoisotopic (exact) mass is 358 g/mol. The molecule has 1 saturated heterocycles. The SMILES string of the molecule is CCOC(=O)C[N+]1(C)CC[N+](C)(CC(=O)OCC)CC1.[Cl-].[Cl-]. The molecule has 0 saturated carbocycles. The molecule has 1 rings (SSSR count). The van der Waals surface area contributed by atoms with Crippen LogP contribution in [-0.2, 0) is 19.1 Å². The lowest BCUT2D eigenvalue weighted by molar-refractivity contribution is -1.01. The van der Waals surface area contributed by atoms with Crippen LogP contribution in [0.4, 0.5) is 0 Å². The average Bonchev–Trinajstić information content (AvgIpc) is 2.34. The Labute approximate surface area is 145 Å². The lowest BCUT2D eigenvalue weighted by Crippen LogP contribution is -3.00. The number of rotatable bonds is 6. The van der Waals surface area contributed by atoms with Crippen LogP contribution in [0.1, 0.15) is 13.8 Å². The lowest BCUT2D eigenvalue weighted by Gasteiger charge is -2.45. The average molecular weight is 359 g/mol. The predicted molar refractivity (Wildman–Crippen MR) is 74.8 cm³/mol. The minimum Gasteiger partial charge on any atom is -1.00 e. The quantitative estimate of drug-likeness (QED) is 0.350. The van der Waals surface area contributed by atoms with E-state index in [1.807, 2.05) is 13.8 Å². The minimum atomic E-state index is -0.142. The fraction of sp³-hybridized carbons (Fsp3) is 0.857. The van der Waals surface area contributed by atoms with Crippen LogP contribution in [0.2, 0.25) is 0 Å². The van der Waals surface area contributed by atoms with Crippen molar-refractivity contribution in [3.05, 3.63) is 0 Å². The van der Waals surface area contributed by atoms with Crippen molar-refractivity contribution in [2.24, 2.45) is 0 Å². The second kappa shape index (κ2) is 10.3. The molecule has 1 aliphatic rings. The molecule has 0 unspecified atom stereocenters. The van der Waals surface area contributed by atoms with Crippen LogP contribution in [-0.4, -0.2) is 87.5 Å². The number of carbonyl (C=O) groups excluding carboxylic acids is 2. The van der Waals surface area contributed by atoms with E-state index >= 15 is 0 Å². The second-order valence-corrected chi connectivity index (χ2v) is 6.06. The normalized spacial score (nSPS) is 27.1. The Morgan fingerprint density at radius 1 is 0.773 bits per heavy atom. The van der Waals surface area contributed by atoms with E-state index in [2.05, 4.69) is 14.1 Å². The zero-order chi connectivity index (χ0) is 15.2. The molecule has 22 heavy (non-hydrogen) atoms. The third kappa shape index (κ3) is 7.63. The summed E-state index contributed by atoms with van der Waals surface area (Å²) >= 11 is 0. The summed E-state index contributed by atoms with van der Waals surface area (Å²) in [6.45, 7) is 8.79. The number of likely N-dealkylation sites (N-methyl/N-ethyl adjacent to an activating group) is 2. The van der Waals surface area contributed by atoms with Gasteiger partial charge in [0.15, 0.2) is 13.1 Å². The van der Waals surface area contributed by atoms with Crippen molar-refractivity contribution in [2.45, 2.75) is 13.8 Å². The zero-order valence-corrected chi connectivity index (χ0v) is 15.5. The molecule has 0 atom stereocenters. The highest BCUT2D eigenvalue weighted by atomic mass is 35.5. The summed E-state index contributed by atoms with van der Waals surface area (Å²) in [5.41, 5.74) is 0. The molecule has 0 aromatic rings. The number of hydrogen-bond donors (Lipinski definition) is 0. The predicted octanol–water partition coefficient (Wildman–Crippen LogP) is -5.97. The standard InChI is InChI=1S/C14H28N2O4.2ClH/c1-5-19-13(17)11-15(3)7-9-16(4,10-8-15)12-14(18)20-6-2;;/h5-12H2,1-4H3;2*1H/q+2;;/p-2. The van der Waals surface area contributed by atoms with Crippen molar-refractivity contribution in [3.63, 3.8) is 0 Å². The first-order valence-electron chi connectivity index (χ1n) is 7.31. The second-order valence-electron chi connectivity index (χ2n) is 6.06. The van der Waals surface area contributed by atoms with Crippen molar-refractivity contribution >= 4 is 11.9 Å². The first-order valence-corrected chi connectivity index (χ1v) is 7.31. The zero-order valence-electron chi connectivity index (χ0n) is 13.9. The number of quaternary nitrogens is 2. The maximum absolute atomic E-state index is 11.6. The Morgan fingerprint density at radius 2 is 1.05 bits per heavy atom. The van der Waals surface area contributed by atoms with Gasteiger partial charge in [-0.2, -0.15) is 0 Å². The van der Waals surface area contributed by atoms with Gasteiger partial charge in [0.25, 0.3) is 0 Å². The lowest BCUT2D eigenvalue weighted by atomic mass is 10.2. The van der Waals surface area contributed by atoms with Gasteiger partial charge in [0.05, 0.1) is 27.3 Å². The van der Waals surface area contributed by atoms with Crippen molar-refractivity contribution in [2.75, 3.05) is 66.6 Å². The van der Waals surface area contributed by atoms with Gasteiger partial charge in [-0.15, -0.1) is 0 Å². The maximum atomic E-state index is 11.6. The van der Waals surface area contributed by atoms with Gasteiger partial charge >= 0.3 is 11.9 Å². The molecular formula is C14H28Cl2N2O4. The van der Waals surface area contributed by atoms with Crippen LogP contribution >= 0.6 is 0 Å². The first-order chi connectivity index (χ1) is 9.32. The van der Waals surface area contributed by atoms with E-state index in [1.165, 1.54) is 0 Å². The number of ether oxygens (including phenoxy) is 2. The number of carbonyl (C=O) groups is 2. The van der Waals surface area contributed by atoms with Gasteiger partial charge in [-0.05, 0) is 13.8 Å². The van der Waals surface area contributed by atoms with Crippen molar-refractivity contribution < 1.29 is 52.8 Å². The molecule has 6 nitrogen and oxygen atoms in total. The van der Waals surface area contributed by atoms with E-state index in [0.29, 0.717) is 35.3 Å². The van der Waals surface area contributed by atoms with Crippen LogP contribution in [0.5, 0.6) is 0 Å². The summed E-state index contributed by atoms with van der Waals surface area (Å²) in [6.07, 6.45) is 0. The van der Waals surface area contributed by atoms with E-state index in [0.717, 1.165) is 26.2 Å². The Kier molecular flexibility index (Phi) is 11.1. The third-order valence-electron chi connectivity index (χ3n) is 3.99. The van der Waals surface area contributed by atoms with E-state index in [9.17, 15) is 9.59 Å². The van der Waals surface area contributed by atoms with Gasteiger partial charge in [-0.25, -0.2) is 9.59 Å². The largest absolute Gasteiger partial charge is 1.00 e. The fourth-order valence-corrected chi connectivity index (χ4v) is 2.54. The number of nitrogens with zero attached hydrogens (tertiary/aromatic N) is 2. The molecule has 0 spiro atoms. The van der Waals surface area contributed by atoms with Crippen LogP contribution in [0.3, 0.4) is 0 Å². The van der Waals surface area contributed by atoms with Crippen LogP contribution < -0.4 is 24.8 Å². The van der Waals surface area contributed by atoms with Crippen molar-refractivity contribution in [1.29, 1.82) is 0 Å². The molecule has 0 aromatic carbocycles. The topological polar surface area (TPSA) is 52.6 Å². The van der Waals surface area contributed by atoms with Gasteiger partial charge in [-0.1, -0.05) is 0 Å². The van der Waals surface area contributed by atoms with Gasteiger partial charge in [0, 0.05) is 0 Å². The number of esters is 2. The first kappa shape index (κ1) is 23.7. The highest BCUT2D eigenvalue weighted by Crippen LogP contribution is 2.16. The Hall–Kier alpha value is -0.560. The van der Waals surface area contributed by atoms with E-state index in [4.69, 9.17) is 9.47 Å². The third-order valence-corrected chi connectivity index (χ3v) is 3.99. The summed E-state index contributed by atoms with van der Waals surface area (Å²) in [4.78, 5) is 23.2. The van der Waals surface area contributed by atoms with Crippen LogP contribution in [0, 0.1) is 0 Å². The summed E-state index contributed by atoms with van der Waals surface area (Å²) in [6, 6.07) is 0. The molecule has 132 valence electrons. The highest BCUT2D eigenvalue weighted by Gasteiger charge is 2.40. The van der Waals surface area contributed by atoms with Crippen LogP contribution in [0.15, 0.2) is 0 Å². The van der Waals surface area contributed by atoms with E-state index in [-0.39, 0.29) is 36.8 Å². The summed E-state index contributed by atoms with van der Waals surface area (Å²) < 4.78 is 11.4. The number of hydrogen-bond acceptors (Lipinski definition) is 4. The molecule has 1 heterocycles. The summed E-state index contributed by atoms with van der Waals surface area (Å²) in [7, 11) is 4.15. The molecule has 0 aliphatic carbocycles. The number of piperazine rings is 1. The Bertz CT molecular complexity index is 325. The Morgan fingerprint density at radius 3 is 1.27 bits per heavy atom. The van der Waals surface area contributed by atoms with Crippen LogP contribution in [0.25, 0.3) is 0 Å². The number of halogens is 2. The summed E-state index contributed by atoms with van der Waals surface area (Å²) in [5, 5.41) is 0. The smallest absolute Gasteiger partial charge is 0.361 e. The molecular weight excluding hydrogens is 331 g/mol. The molecule has 0 amide bonds. The molecule has 1 fully saturated rings. The Balaban J connectivity index is 0. The van der Waals surface area contributed by atoms with Gasteiger partial charge in [0.1, 0.15) is 26.2 Å². The minimum absolute atomic E-state index is 0. The fourth-order valence-electron chi connectivity index (χ4n) is 2.54. The molecule has 0 N–H and O–H groups in total. The van der Waals surface area contributed by atoms with Gasteiger partial charge in [-0.3, -0.25) is 0 Å². The van der Waals surface area contributed by atoms with E-state index < -0.39 is 0 Å². The molecule has 0 radical (unpaired) electrons. The van der Waals surface area contributed by atoms with Crippen molar-refractivity contribution in [3.8, 4) is 0 Å². The maximum Gasteiger partial charge on any atom is 0.361 e. The van der Waals surface area contributed by atoms with Gasteiger partial charge in [0.2, 0.25) is 0 Å². The van der Waals surface area contributed by atoms with Crippen molar-refractivity contribution in [1.82, 2.24) is 0 Å². The summed E-state index contributed by atoms with van der Waals surface area (Å²) in [5.74, 6) is -0.284. The van der Waals surface area contributed by atoms with E-state index in [1.54, 1.807) is 0 Å². The molecule has 0 bridgehead atoms.